The van der Waals surface area contributed by atoms with Crippen molar-refractivity contribution in [1.82, 2.24) is 0 Å². The van der Waals surface area contributed by atoms with Gasteiger partial charge in [-0.15, -0.1) is 0 Å². The van der Waals surface area contributed by atoms with Gasteiger partial charge < -0.3 is 4.74 Å². The largest absolute Gasteiger partial charge is 0.466 e. The molecule has 5 unspecified atom stereocenters. The molecule has 0 aromatic rings. The SMILES string of the molecule is CCCCCCC(=O)C12C3C=CC(C3)C1C2C(=O)OCC. The summed E-state index contributed by atoms with van der Waals surface area (Å²) in [6, 6.07) is 0. The first kappa shape index (κ1) is 14.8. The van der Waals surface area contributed by atoms with Gasteiger partial charge >= 0.3 is 5.97 Å². The van der Waals surface area contributed by atoms with E-state index in [1.165, 1.54) is 12.8 Å². The predicted molar refractivity (Wildman–Crippen MR) is 80.5 cm³/mol. The molecule has 5 atom stereocenters. The van der Waals surface area contributed by atoms with Crippen molar-refractivity contribution in [3.8, 4) is 0 Å². The van der Waals surface area contributed by atoms with Crippen LogP contribution in [0.15, 0.2) is 12.2 Å². The van der Waals surface area contributed by atoms with E-state index in [0.717, 1.165) is 19.3 Å². The maximum absolute atomic E-state index is 12.8. The molecule has 0 aromatic carbocycles. The maximum Gasteiger partial charge on any atom is 0.310 e. The van der Waals surface area contributed by atoms with Crippen LogP contribution in [0.2, 0.25) is 0 Å². The number of ketones is 1. The number of carbonyl (C=O) groups is 2. The minimum absolute atomic E-state index is 0.136. The summed E-state index contributed by atoms with van der Waals surface area (Å²) in [7, 11) is 0. The first-order valence-corrected chi connectivity index (χ1v) is 8.56. The summed E-state index contributed by atoms with van der Waals surface area (Å²) in [6.07, 6.45) is 10.6. The molecule has 3 aliphatic carbocycles. The molecule has 0 radical (unpaired) electrons. The van der Waals surface area contributed by atoms with Gasteiger partial charge in [-0.25, -0.2) is 0 Å². The molecule has 0 amide bonds. The lowest BCUT2D eigenvalue weighted by atomic mass is 9.82. The zero-order valence-corrected chi connectivity index (χ0v) is 13.1. The molecule has 21 heavy (non-hydrogen) atoms. The topological polar surface area (TPSA) is 43.4 Å². The fraction of sp³-hybridized carbons (Fsp3) is 0.778. The van der Waals surface area contributed by atoms with Crippen LogP contribution in [0.1, 0.15) is 52.4 Å². The van der Waals surface area contributed by atoms with E-state index in [0.29, 0.717) is 30.6 Å². The van der Waals surface area contributed by atoms with Crippen LogP contribution in [0.4, 0.5) is 0 Å². The van der Waals surface area contributed by atoms with Crippen molar-refractivity contribution in [2.24, 2.45) is 29.1 Å². The van der Waals surface area contributed by atoms with Gasteiger partial charge in [-0.1, -0.05) is 38.3 Å². The van der Waals surface area contributed by atoms with Crippen LogP contribution in [0, 0.1) is 29.1 Å². The summed E-state index contributed by atoms with van der Waals surface area (Å²) < 4.78 is 5.23. The molecular weight excluding hydrogens is 264 g/mol. The lowest BCUT2D eigenvalue weighted by Gasteiger charge is -2.20. The standard InChI is InChI=1S/C18H26O3/c1-3-5-6-7-8-14(19)18-13-10-9-12(11-13)15(18)16(18)17(20)21-4-2/h9-10,12-13,15-16H,3-8,11H2,1-2H3. The van der Waals surface area contributed by atoms with Gasteiger partial charge in [-0.05, 0) is 37.5 Å². The third-order valence-corrected chi connectivity index (χ3v) is 5.79. The van der Waals surface area contributed by atoms with E-state index in [-0.39, 0.29) is 23.2 Å². The molecule has 3 aliphatic rings. The second kappa shape index (κ2) is 5.58. The average Bonchev–Trinajstić information content (AvgIpc) is 2.83. The van der Waals surface area contributed by atoms with Gasteiger partial charge in [0, 0.05) is 6.42 Å². The minimum atomic E-state index is -0.377. The molecule has 2 saturated carbocycles. The summed E-state index contributed by atoms with van der Waals surface area (Å²) in [6.45, 7) is 4.42. The Bertz CT molecular complexity index is 467. The minimum Gasteiger partial charge on any atom is -0.466 e. The van der Waals surface area contributed by atoms with E-state index in [4.69, 9.17) is 4.74 Å². The van der Waals surface area contributed by atoms with Gasteiger partial charge in [0.25, 0.3) is 0 Å². The van der Waals surface area contributed by atoms with Crippen molar-refractivity contribution in [3.63, 3.8) is 0 Å². The van der Waals surface area contributed by atoms with Crippen molar-refractivity contribution >= 4 is 11.8 Å². The number of esters is 1. The summed E-state index contributed by atoms with van der Waals surface area (Å²) in [5.41, 5.74) is -0.377. The van der Waals surface area contributed by atoms with Crippen molar-refractivity contribution < 1.29 is 14.3 Å². The number of ether oxygens (including phenoxy) is 1. The number of hydrogen-bond acceptors (Lipinski definition) is 3. The van der Waals surface area contributed by atoms with E-state index >= 15 is 0 Å². The number of allylic oxidation sites excluding steroid dienone is 2. The molecule has 3 nitrogen and oxygen atoms in total. The van der Waals surface area contributed by atoms with Crippen molar-refractivity contribution in [1.29, 1.82) is 0 Å². The van der Waals surface area contributed by atoms with Gasteiger partial charge in [-0.3, -0.25) is 9.59 Å². The third kappa shape index (κ3) is 2.08. The summed E-state index contributed by atoms with van der Waals surface area (Å²) in [4.78, 5) is 25.1. The van der Waals surface area contributed by atoms with Crippen LogP contribution in [0.5, 0.6) is 0 Å². The van der Waals surface area contributed by atoms with E-state index in [9.17, 15) is 9.59 Å². The van der Waals surface area contributed by atoms with Gasteiger partial charge in [0.2, 0.25) is 0 Å². The van der Waals surface area contributed by atoms with Crippen LogP contribution in [0.25, 0.3) is 0 Å². The molecule has 3 heteroatoms. The molecule has 0 aromatic heterocycles. The van der Waals surface area contributed by atoms with Crippen LogP contribution in [-0.4, -0.2) is 18.4 Å². The Kier molecular flexibility index (Phi) is 3.94. The van der Waals surface area contributed by atoms with Crippen LogP contribution < -0.4 is 0 Å². The monoisotopic (exact) mass is 290 g/mol. The number of rotatable bonds is 8. The lowest BCUT2D eigenvalue weighted by molar-refractivity contribution is -0.148. The predicted octanol–water partition coefficient (Wildman–Crippen LogP) is 3.53. The lowest BCUT2D eigenvalue weighted by Crippen LogP contribution is -2.28. The number of Topliss-reactive ketones (excluding diaryl/α,β-unsaturated/α-hetero) is 1. The maximum atomic E-state index is 12.8. The molecule has 0 aliphatic heterocycles. The smallest absolute Gasteiger partial charge is 0.310 e. The average molecular weight is 290 g/mol. The second-order valence-corrected chi connectivity index (χ2v) is 6.81. The summed E-state index contributed by atoms with van der Waals surface area (Å²) >= 11 is 0. The van der Waals surface area contributed by atoms with Crippen molar-refractivity contribution in [2.75, 3.05) is 6.61 Å². The van der Waals surface area contributed by atoms with Gasteiger partial charge in [0.1, 0.15) is 5.78 Å². The van der Waals surface area contributed by atoms with E-state index in [1.54, 1.807) is 0 Å². The van der Waals surface area contributed by atoms with Crippen molar-refractivity contribution in [2.45, 2.75) is 52.4 Å². The Morgan fingerprint density at radius 3 is 2.71 bits per heavy atom. The van der Waals surface area contributed by atoms with E-state index < -0.39 is 0 Å². The highest BCUT2D eigenvalue weighted by molar-refractivity contribution is 5.98. The number of hydrogen-bond donors (Lipinski definition) is 0. The molecule has 0 N–H and O–H groups in total. The molecule has 0 spiro atoms. The third-order valence-electron chi connectivity index (χ3n) is 5.79. The number of fused-ring (bicyclic) bond motifs is 5. The Balaban J connectivity index is 1.69. The first-order valence-electron chi connectivity index (χ1n) is 8.56. The summed E-state index contributed by atoms with van der Waals surface area (Å²) in [5, 5.41) is 0. The summed E-state index contributed by atoms with van der Waals surface area (Å²) in [5.74, 6) is 1.01. The van der Waals surface area contributed by atoms with Gasteiger partial charge in [0.15, 0.2) is 0 Å². The Labute approximate surface area is 127 Å². The highest BCUT2D eigenvalue weighted by atomic mass is 16.5. The molecule has 0 heterocycles. The highest BCUT2D eigenvalue weighted by Crippen LogP contribution is 2.76. The van der Waals surface area contributed by atoms with Crippen LogP contribution in [0.3, 0.4) is 0 Å². The quantitative estimate of drug-likeness (QED) is 0.390. The molecule has 2 bridgehead atoms. The van der Waals surface area contributed by atoms with E-state index in [2.05, 4.69) is 19.1 Å². The fourth-order valence-corrected chi connectivity index (χ4v) is 4.93. The Morgan fingerprint density at radius 1 is 1.19 bits per heavy atom. The van der Waals surface area contributed by atoms with Gasteiger partial charge in [0.05, 0.1) is 17.9 Å². The second-order valence-electron chi connectivity index (χ2n) is 6.81. The van der Waals surface area contributed by atoms with E-state index in [1.807, 2.05) is 6.92 Å². The fourth-order valence-electron chi connectivity index (χ4n) is 4.93. The number of unbranched alkanes of at least 4 members (excludes halogenated alkanes) is 3. The first-order chi connectivity index (χ1) is 10.2. The molecule has 3 rings (SSSR count). The zero-order valence-electron chi connectivity index (χ0n) is 13.1. The molecule has 2 fully saturated rings. The Morgan fingerprint density at radius 2 is 2.00 bits per heavy atom. The molecule has 116 valence electrons. The van der Waals surface area contributed by atoms with Crippen LogP contribution >= 0.6 is 0 Å². The normalized spacial score (nSPS) is 38.4. The highest BCUT2D eigenvalue weighted by Gasteiger charge is 2.80. The van der Waals surface area contributed by atoms with Crippen LogP contribution in [-0.2, 0) is 14.3 Å². The van der Waals surface area contributed by atoms with Gasteiger partial charge in [-0.2, -0.15) is 0 Å². The molecule has 0 saturated heterocycles. The number of carbonyl (C=O) groups excluding carboxylic acids is 2. The zero-order chi connectivity index (χ0) is 15.0. The van der Waals surface area contributed by atoms with Crippen molar-refractivity contribution in [3.05, 3.63) is 12.2 Å². The molecular formula is C18H26O3. The Hall–Kier alpha value is -1.12.